The predicted octanol–water partition coefficient (Wildman–Crippen LogP) is 14.0. The van der Waals surface area contributed by atoms with E-state index in [0.717, 1.165) is 57.8 Å². The van der Waals surface area contributed by atoms with Crippen LogP contribution in [0.2, 0.25) is 0 Å². The summed E-state index contributed by atoms with van der Waals surface area (Å²) in [5.74, 6) is -1.18. The first-order chi connectivity index (χ1) is 34.7. The Balaban J connectivity index is 2.67. The maximum Gasteiger partial charge on any atom is 0.306 e. The molecule has 6 N–H and O–H groups in total. The minimum Gasteiger partial charge on any atom is -0.454 e. The Morgan fingerprint density at radius 1 is 0.535 bits per heavy atom. The van der Waals surface area contributed by atoms with Crippen LogP contribution in [0.3, 0.4) is 0 Å². The fourth-order valence-corrected chi connectivity index (χ4v) is 9.83. The normalized spacial score (nSPS) is 19.6. The molecule has 0 radical (unpaired) electrons. The number of amides is 1. The Labute approximate surface area is 436 Å². The number of carbonyl (C=O) groups excluding carboxylic acids is 2. The zero-order chi connectivity index (χ0) is 51.8. The van der Waals surface area contributed by atoms with Gasteiger partial charge in [-0.2, -0.15) is 0 Å². The largest absolute Gasteiger partial charge is 0.454 e. The lowest BCUT2D eigenvalue weighted by Crippen LogP contribution is -2.61. The van der Waals surface area contributed by atoms with Crippen molar-refractivity contribution in [2.24, 2.45) is 0 Å². The number of aliphatic hydroxyl groups excluding tert-OH is 5. The second kappa shape index (κ2) is 49.3. The molecule has 71 heavy (non-hydrogen) atoms. The van der Waals surface area contributed by atoms with E-state index in [1.165, 1.54) is 193 Å². The average Bonchev–Trinajstić information content (AvgIpc) is 3.37. The molecule has 0 aromatic heterocycles. The Kier molecular flexibility index (Phi) is 46.8. The highest BCUT2D eigenvalue weighted by atomic mass is 16.7. The van der Waals surface area contributed by atoms with Gasteiger partial charge in [0.1, 0.15) is 24.4 Å². The fourth-order valence-electron chi connectivity index (χ4n) is 9.83. The Hall–Kier alpha value is -1.60. The number of nitrogens with one attached hydrogen (secondary N) is 1. The van der Waals surface area contributed by atoms with Gasteiger partial charge in [-0.25, -0.2) is 0 Å². The van der Waals surface area contributed by atoms with Crippen LogP contribution in [0.5, 0.6) is 0 Å². The number of carbonyl (C=O) groups is 2. The highest BCUT2D eigenvalue weighted by Crippen LogP contribution is 2.26. The standard InChI is InChI=1S/C60H115NO10/c1-4-7-10-13-16-19-22-24-26-28-29-32-35-38-41-44-47-53(64)59(68)61-51(52(63)46-43-40-37-34-31-21-18-15-12-9-6-3)50-69-60-58(57(67)56(66)54(49-62)70-60)71-55(65)48-45-42-39-36-33-30-27-25-23-20-17-14-11-8-5-2/h43,46,51-54,56-58,60,62-64,66-67H,4-42,44-45,47-50H2,1-3H3,(H,61,68)/b46-43+. The van der Waals surface area contributed by atoms with E-state index in [9.17, 15) is 35.1 Å². The lowest BCUT2D eigenvalue weighted by molar-refractivity contribution is -0.305. The first-order valence-electron chi connectivity index (χ1n) is 30.5. The lowest BCUT2D eigenvalue weighted by atomic mass is 9.99. The van der Waals surface area contributed by atoms with Gasteiger partial charge in [0.2, 0.25) is 5.91 Å². The summed E-state index contributed by atoms with van der Waals surface area (Å²) in [5.41, 5.74) is 0. The molecular weight excluding hydrogens is 895 g/mol. The zero-order valence-electron chi connectivity index (χ0n) is 46.4. The summed E-state index contributed by atoms with van der Waals surface area (Å²) in [6.07, 6.45) is 43.9. The summed E-state index contributed by atoms with van der Waals surface area (Å²) in [5, 5.41) is 56.9. The van der Waals surface area contributed by atoms with Gasteiger partial charge in [-0.1, -0.05) is 277 Å². The number of hydrogen-bond donors (Lipinski definition) is 6. The van der Waals surface area contributed by atoms with Gasteiger partial charge in [0.15, 0.2) is 12.4 Å². The van der Waals surface area contributed by atoms with Crippen LogP contribution >= 0.6 is 0 Å². The third-order valence-electron chi connectivity index (χ3n) is 14.7. The van der Waals surface area contributed by atoms with Gasteiger partial charge in [-0.15, -0.1) is 0 Å². The van der Waals surface area contributed by atoms with Crippen molar-refractivity contribution in [1.82, 2.24) is 5.32 Å². The Morgan fingerprint density at radius 3 is 1.32 bits per heavy atom. The van der Waals surface area contributed by atoms with Crippen LogP contribution in [0.4, 0.5) is 0 Å². The van der Waals surface area contributed by atoms with Crippen LogP contribution in [0, 0.1) is 0 Å². The number of unbranched alkanes of at least 4 members (excludes halogenated alkanes) is 38. The maximum absolute atomic E-state index is 13.4. The maximum atomic E-state index is 13.4. The summed E-state index contributed by atoms with van der Waals surface area (Å²) < 4.78 is 17.6. The number of rotatable bonds is 52. The molecule has 420 valence electrons. The van der Waals surface area contributed by atoms with E-state index < -0.39 is 67.4 Å². The molecular formula is C60H115NO10. The summed E-state index contributed by atoms with van der Waals surface area (Å²) in [6.45, 7) is 5.81. The summed E-state index contributed by atoms with van der Waals surface area (Å²) >= 11 is 0. The summed E-state index contributed by atoms with van der Waals surface area (Å²) in [4.78, 5) is 26.5. The molecule has 1 saturated heterocycles. The molecule has 1 heterocycles. The van der Waals surface area contributed by atoms with E-state index in [2.05, 4.69) is 26.1 Å². The molecule has 11 nitrogen and oxygen atoms in total. The molecule has 0 aromatic carbocycles. The molecule has 1 amide bonds. The third kappa shape index (κ3) is 37.7. The molecule has 1 aliphatic heterocycles. The van der Waals surface area contributed by atoms with Crippen molar-refractivity contribution < 1.29 is 49.3 Å². The Morgan fingerprint density at radius 2 is 0.915 bits per heavy atom. The van der Waals surface area contributed by atoms with Crippen LogP contribution < -0.4 is 5.32 Å². The minimum atomic E-state index is -1.60. The van der Waals surface area contributed by atoms with Crippen molar-refractivity contribution in [1.29, 1.82) is 0 Å². The molecule has 0 bridgehead atoms. The molecule has 0 aromatic rings. The number of aliphatic hydroxyl groups is 5. The van der Waals surface area contributed by atoms with Crippen molar-refractivity contribution in [3.05, 3.63) is 12.2 Å². The number of allylic oxidation sites excluding steroid dienone is 1. The highest BCUT2D eigenvalue weighted by Gasteiger charge is 2.47. The SMILES string of the molecule is CCCCCCCCCCC/C=C/C(O)C(COC1OC(CO)C(O)C(O)C1OC(=O)CCCCCCCCCCCCCCCCC)NC(=O)C(O)CCCCCCCCCCCCCCCCCC. The van der Waals surface area contributed by atoms with Gasteiger partial charge in [-0.05, 0) is 25.7 Å². The van der Waals surface area contributed by atoms with E-state index in [0.29, 0.717) is 19.3 Å². The van der Waals surface area contributed by atoms with E-state index in [1.807, 2.05) is 6.08 Å². The number of esters is 1. The van der Waals surface area contributed by atoms with Crippen molar-refractivity contribution in [2.45, 2.75) is 346 Å². The van der Waals surface area contributed by atoms with Gasteiger partial charge in [0, 0.05) is 6.42 Å². The Bertz CT molecular complexity index is 1210. The van der Waals surface area contributed by atoms with Crippen molar-refractivity contribution in [3.63, 3.8) is 0 Å². The highest BCUT2D eigenvalue weighted by molar-refractivity contribution is 5.80. The van der Waals surface area contributed by atoms with E-state index in [1.54, 1.807) is 6.08 Å². The van der Waals surface area contributed by atoms with Crippen molar-refractivity contribution in [3.8, 4) is 0 Å². The van der Waals surface area contributed by atoms with Crippen LogP contribution in [0.1, 0.15) is 297 Å². The molecule has 8 atom stereocenters. The van der Waals surface area contributed by atoms with E-state index >= 15 is 0 Å². The second-order valence-electron chi connectivity index (χ2n) is 21.5. The topological polar surface area (TPSA) is 175 Å². The van der Waals surface area contributed by atoms with Crippen molar-refractivity contribution >= 4 is 11.9 Å². The lowest BCUT2D eigenvalue weighted by Gasteiger charge is -2.41. The molecule has 1 rings (SSSR count). The zero-order valence-corrected chi connectivity index (χ0v) is 46.4. The van der Waals surface area contributed by atoms with Crippen LogP contribution in [-0.2, 0) is 23.8 Å². The molecule has 8 unspecified atom stereocenters. The first kappa shape index (κ1) is 67.4. The van der Waals surface area contributed by atoms with Crippen LogP contribution in [-0.4, -0.2) is 99.6 Å². The second-order valence-corrected chi connectivity index (χ2v) is 21.5. The molecule has 1 aliphatic rings. The van der Waals surface area contributed by atoms with E-state index in [4.69, 9.17) is 14.2 Å². The molecule has 0 aliphatic carbocycles. The average molecular weight is 1010 g/mol. The van der Waals surface area contributed by atoms with Crippen LogP contribution in [0.25, 0.3) is 0 Å². The van der Waals surface area contributed by atoms with Gasteiger partial charge in [0.25, 0.3) is 0 Å². The quantitative estimate of drug-likeness (QED) is 0.0195. The van der Waals surface area contributed by atoms with Gasteiger partial charge < -0.3 is 45.1 Å². The van der Waals surface area contributed by atoms with Crippen molar-refractivity contribution in [2.75, 3.05) is 13.2 Å². The van der Waals surface area contributed by atoms with Crippen LogP contribution in [0.15, 0.2) is 12.2 Å². The predicted molar refractivity (Wildman–Crippen MR) is 292 cm³/mol. The number of ether oxygens (including phenoxy) is 3. The van der Waals surface area contributed by atoms with Gasteiger partial charge >= 0.3 is 5.97 Å². The van der Waals surface area contributed by atoms with Gasteiger partial charge in [-0.3, -0.25) is 9.59 Å². The fraction of sp³-hybridized carbons (Fsp3) is 0.933. The summed E-state index contributed by atoms with van der Waals surface area (Å²) in [7, 11) is 0. The molecule has 1 fully saturated rings. The minimum absolute atomic E-state index is 0.131. The van der Waals surface area contributed by atoms with Gasteiger partial charge in [0.05, 0.1) is 25.4 Å². The molecule has 0 saturated carbocycles. The summed E-state index contributed by atoms with van der Waals surface area (Å²) in [6, 6.07) is -1.01. The smallest absolute Gasteiger partial charge is 0.306 e. The molecule has 0 spiro atoms. The first-order valence-corrected chi connectivity index (χ1v) is 30.5. The third-order valence-corrected chi connectivity index (χ3v) is 14.7. The monoisotopic (exact) mass is 1010 g/mol. The number of hydrogen-bond acceptors (Lipinski definition) is 10. The van der Waals surface area contributed by atoms with E-state index in [-0.39, 0.29) is 13.0 Å². The molecule has 11 heteroatoms.